The highest BCUT2D eigenvalue weighted by Gasteiger charge is 2.45. The fourth-order valence-corrected chi connectivity index (χ4v) is 4.03. The maximum absolute atomic E-state index is 13.7. The minimum atomic E-state index is -0.816. The largest absolute Gasteiger partial charge is 0.480 e. The van der Waals surface area contributed by atoms with Gasteiger partial charge in [-0.2, -0.15) is 5.26 Å². The Morgan fingerprint density at radius 3 is 2.43 bits per heavy atom. The van der Waals surface area contributed by atoms with Crippen LogP contribution in [0.15, 0.2) is 47.4 Å². The molecule has 3 rings (SSSR count). The number of hydrogen-bond donors (Lipinski definition) is 1. The molecule has 23 heavy (non-hydrogen) atoms. The molecule has 1 fully saturated rings. The van der Waals surface area contributed by atoms with E-state index in [1.54, 1.807) is 30.3 Å². The Labute approximate surface area is 137 Å². The van der Waals surface area contributed by atoms with E-state index >= 15 is 0 Å². The Hall–Kier alpha value is -2.32. The molecule has 1 aliphatic rings. The first-order chi connectivity index (χ1) is 11.0. The van der Waals surface area contributed by atoms with Crippen LogP contribution in [0.4, 0.5) is 4.39 Å². The summed E-state index contributed by atoms with van der Waals surface area (Å²) in [5.74, 6) is -1.18. The summed E-state index contributed by atoms with van der Waals surface area (Å²) in [6.45, 7) is 0. The highest BCUT2D eigenvalue weighted by Crippen LogP contribution is 2.50. The zero-order valence-electron chi connectivity index (χ0n) is 12.3. The van der Waals surface area contributed by atoms with Crippen LogP contribution in [0.3, 0.4) is 0 Å². The van der Waals surface area contributed by atoms with Gasteiger partial charge in [-0.1, -0.05) is 12.1 Å². The Morgan fingerprint density at radius 2 is 1.91 bits per heavy atom. The van der Waals surface area contributed by atoms with Crippen molar-refractivity contribution in [3.05, 3.63) is 53.8 Å². The Bertz CT molecular complexity index is 792. The predicted molar refractivity (Wildman–Crippen MR) is 86.6 cm³/mol. The fraction of sp³-hybridized carbons (Fsp3) is 0.222. The average molecular weight is 327 g/mol. The number of halogens is 1. The maximum Gasteiger partial charge on any atom is 0.320 e. The third-order valence-electron chi connectivity index (χ3n) is 4.12. The second-order valence-corrected chi connectivity index (χ2v) is 7.01. The summed E-state index contributed by atoms with van der Waals surface area (Å²) in [5, 5.41) is 18.4. The van der Waals surface area contributed by atoms with Gasteiger partial charge < -0.3 is 5.11 Å². The number of carbonyl (C=O) groups is 1. The van der Waals surface area contributed by atoms with Crippen LogP contribution < -0.4 is 0 Å². The predicted octanol–water partition coefficient (Wildman–Crippen LogP) is 4.46. The fourth-order valence-electron chi connectivity index (χ4n) is 2.61. The molecule has 3 nitrogen and oxygen atoms in total. The molecule has 5 heteroatoms. The van der Waals surface area contributed by atoms with Crippen LogP contribution in [-0.4, -0.2) is 15.8 Å². The van der Waals surface area contributed by atoms with Gasteiger partial charge >= 0.3 is 5.97 Å². The second-order valence-electron chi connectivity index (χ2n) is 5.58. The van der Waals surface area contributed by atoms with Crippen molar-refractivity contribution < 1.29 is 14.3 Å². The molecule has 0 radical (unpaired) electrons. The lowest BCUT2D eigenvalue weighted by Crippen LogP contribution is -2.41. The summed E-state index contributed by atoms with van der Waals surface area (Å²) in [4.78, 5) is 12.3. The number of nitrogens with zero attached hydrogens (tertiary/aromatic N) is 1. The monoisotopic (exact) mass is 327 g/mol. The molecule has 0 heterocycles. The average Bonchev–Trinajstić information content (AvgIpc) is 2.51. The van der Waals surface area contributed by atoms with E-state index in [1.807, 2.05) is 6.07 Å². The molecular weight excluding hydrogens is 313 g/mol. The van der Waals surface area contributed by atoms with Crippen LogP contribution in [0.5, 0.6) is 0 Å². The van der Waals surface area contributed by atoms with Gasteiger partial charge in [0, 0.05) is 4.90 Å². The molecule has 116 valence electrons. The standard InChI is InChI=1S/C18H14FNO2S/c19-14-6-7-16(23-18(17(21)22)8-1-9-18)15(10-14)13-4-2-12(11-20)3-5-13/h2-7,10H,1,8-9H2,(H,21,22). The Morgan fingerprint density at radius 1 is 1.22 bits per heavy atom. The molecule has 1 aliphatic carbocycles. The van der Waals surface area contributed by atoms with Gasteiger partial charge in [0.2, 0.25) is 0 Å². The third kappa shape index (κ3) is 2.95. The van der Waals surface area contributed by atoms with E-state index in [0.717, 1.165) is 16.9 Å². The molecule has 0 unspecified atom stereocenters. The molecule has 1 saturated carbocycles. The van der Waals surface area contributed by atoms with E-state index in [4.69, 9.17) is 5.26 Å². The summed E-state index contributed by atoms with van der Waals surface area (Å²) in [6, 6.07) is 13.3. The molecule has 0 aromatic heterocycles. The summed E-state index contributed by atoms with van der Waals surface area (Å²) in [5.41, 5.74) is 1.96. The van der Waals surface area contributed by atoms with Gasteiger partial charge in [0.25, 0.3) is 0 Å². The van der Waals surface area contributed by atoms with E-state index in [-0.39, 0.29) is 5.82 Å². The third-order valence-corrected chi connectivity index (χ3v) is 5.67. The number of carboxylic acids is 1. The summed E-state index contributed by atoms with van der Waals surface area (Å²) < 4.78 is 12.9. The van der Waals surface area contributed by atoms with Crippen LogP contribution in [0.25, 0.3) is 11.1 Å². The molecule has 0 aliphatic heterocycles. The lowest BCUT2D eigenvalue weighted by molar-refractivity contribution is -0.142. The number of carboxylic acid groups (broad SMARTS) is 1. The van der Waals surface area contributed by atoms with Gasteiger partial charge in [0.1, 0.15) is 10.6 Å². The Kier molecular flexibility index (Phi) is 4.10. The molecular formula is C18H14FNO2S. The van der Waals surface area contributed by atoms with Crippen LogP contribution in [0.2, 0.25) is 0 Å². The normalized spacial score (nSPS) is 15.5. The number of aliphatic carboxylic acids is 1. The van der Waals surface area contributed by atoms with Crippen molar-refractivity contribution in [1.29, 1.82) is 5.26 Å². The number of benzene rings is 2. The van der Waals surface area contributed by atoms with Gasteiger partial charge in [0.05, 0.1) is 11.6 Å². The quantitative estimate of drug-likeness (QED) is 0.900. The first-order valence-corrected chi connectivity index (χ1v) is 8.08. The van der Waals surface area contributed by atoms with Crippen molar-refractivity contribution >= 4 is 17.7 Å². The van der Waals surface area contributed by atoms with Crippen molar-refractivity contribution in [3.63, 3.8) is 0 Å². The number of rotatable bonds is 4. The number of hydrogen-bond acceptors (Lipinski definition) is 3. The van der Waals surface area contributed by atoms with Gasteiger partial charge in [-0.15, -0.1) is 11.8 Å². The molecule has 2 aromatic carbocycles. The SMILES string of the molecule is N#Cc1ccc(-c2cc(F)ccc2SC2(C(=O)O)CCC2)cc1. The molecule has 0 amide bonds. The van der Waals surface area contributed by atoms with Crippen molar-refractivity contribution in [3.8, 4) is 17.2 Å². The van der Waals surface area contributed by atoms with E-state index < -0.39 is 10.7 Å². The van der Waals surface area contributed by atoms with Crippen molar-refractivity contribution in [2.75, 3.05) is 0 Å². The lowest BCUT2D eigenvalue weighted by Gasteiger charge is -2.37. The molecule has 0 spiro atoms. The lowest BCUT2D eigenvalue weighted by atomic mass is 9.84. The highest BCUT2D eigenvalue weighted by molar-refractivity contribution is 8.01. The maximum atomic E-state index is 13.7. The highest BCUT2D eigenvalue weighted by atomic mass is 32.2. The zero-order chi connectivity index (χ0) is 16.4. The van der Waals surface area contributed by atoms with Gasteiger partial charge in [-0.05, 0) is 60.7 Å². The van der Waals surface area contributed by atoms with Crippen LogP contribution in [-0.2, 0) is 4.79 Å². The van der Waals surface area contributed by atoms with E-state index in [1.165, 1.54) is 23.9 Å². The first kappa shape index (κ1) is 15.6. The number of thioether (sulfide) groups is 1. The Balaban J connectivity index is 2.01. The van der Waals surface area contributed by atoms with Crippen LogP contribution in [0.1, 0.15) is 24.8 Å². The zero-order valence-corrected chi connectivity index (χ0v) is 13.1. The molecule has 1 N–H and O–H groups in total. The van der Waals surface area contributed by atoms with E-state index in [0.29, 0.717) is 24.0 Å². The molecule has 2 aromatic rings. The van der Waals surface area contributed by atoms with Crippen LogP contribution >= 0.6 is 11.8 Å². The molecule has 0 atom stereocenters. The summed E-state index contributed by atoms with van der Waals surface area (Å²) >= 11 is 1.29. The minimum absolute atomic E-state index is 0.369. The summed E-state index contributed by atoms with van der Waals surface area (Å²) in [7, 11) is 0. The first-order valence-electron chi connectivity index (χ1n) is 7.27. The van der Waals surface area contributed by atoms with Crippen molar-refractivity contribution in [2.45, 2.75) is 28.9 Å². The topological polar surface area (TPSA) is 61.1 Å². The van der Waals surface area contributed by atoms with Crippen molar-refractivity contribution in [2.24, 2.45) is 0 Å². The minimum Gasteiger partial charge on any atom is -0.480 e. The molecule has 0 saturated heterocycles. The van der Waals surface area contributed by atoms with Gasteiger partial charge in [0.15, 0.2) is 0 Å². The van der Waals surface area contributed by atoms with Crippen LogP contribution in [0, 0.1) is 17.1 Å². The van der Waals surface area contributed by atoms with E-state index in [9.17, 15) is 14.3 Å². The smallest absolute Gasteiger partial charge is 0.320 e. The van der Waals surface area contributed by atoms with E-state index in [2.05, 4.69) is 0 Å². The summed E-state index contributed by atoms with van der Waals surface area (Å²) in [6.07, 6.45) is 2.14. The number of nitriles is 1. The van der Waals surface area contributed by atoms with Gasteiger partial charge in [-0.25, -0.2) is 4.39 Å². The molecule has 0 bridgehead atoms. The van der Waals surface area contributed by atoms with Gasteiger partial charge in [-0.3, -0.25) is 4.79 Å². The second kappa shape index (κ2) is 6.05. The van der Waals surface area contributed by atoms with Crippen molar-refractivity contribution in [1.82, 2.24) is 0 Å².